The maximum Gasteiger partial charge on any atom is 0.332 e. The Hall–Kier alpha value is -1.63. The third kappa shape index (κ3) is 4.26. The molecule has 0 aromatic heterocycles. The lowest BCUT2D eigenvalue weighted by molar-refractivity contribution is -0.150. The van der Waals surface area contributed by atoms with E-state index in [-0.39, 0.29) is 13.0 Å². The van der Waals surface area contributed by atoms with E-state index in [9.17, 15) is 14.4 Å². The number of nitrogens with one attached hydrogen (secondary N) is 1. The number of rotatable bonds is 6. The van der Waals surface area contributed by atoms with Gasteiger partial charge in [0.2, 0.25) is 5.91 Å². The molecular formula is C9H16N2O5. The second-order valence-corrected chi connectivity index (χ2v) is 3.04. The highest BCUT2D eigenvalue weighted by atomic mass is 16.5. The molecule has 0 aliphatic carbocycles. The van der Waals surface area contributed by atoms with E-state index >= 15 is 0 Å². The van der Waals surface area contributed by atoms with Crippen molar-refractivity contribution in [3.63, 3.8) is 0 Å². The average Bonchev–Trinajstić information content (AvgIpc) is 2.24. The number of ether oxygens (including phenoxy) is 1. The number of carbonyl (C=O) groups is 3. The van der Waals surface area contributed by atoms with Crippen molar-refractivity contribution in [2.45, 2.75) is 32.4 Å². The quantitative estimate of drug-likeness (QED) is 0.393. The molecule has 4 N–H and O–H groups in total. The van der Waals surface area contributed by atoms with Crippen LogP contribution >= 0.6 is 0 Å². The van der Waals surface area contributed by atoms with Crippen molar-refractivity contribution < 1.29 is 24.2 Å². The number of hydrogen-bond donors (Lipinski definition) is 3. The number of hydrogen-bond acceptors (Lipinski definition) is 5. The zero-order chi connectivity index (χ0) is 12.7. The molecule has 7 heteroatoms. The number of carboxylic acids is 1. The van der Waals surface area contributed by atoms with Crippen LogP contribution < -0.4 is 11.1 Å². The summed E-state index contributed by atoms with van der Waals surface area (Å²) in [6.07, 6.45) is 0.205. The number of nitrogens with two attached hydrogens (primary N) is 1. The first-order valence-corrected chi connectivity index (χ1v) is 4.89. The normalized spacial score (nSPS) is 13.7. The first-order chi connectivity index (χ1) is 7.43. The van der Waals surface area contributed by atoms with Gasteiger partial charge >= 0.3 is 11.9 Å². The van der Waals surface area contributed by atoms with Crippen LogP contribution in [0, 0.1) is 0 Å². The minimum absolute atomic E-state index is 0.107. The summed E-state index contributed by atoms with van der Waals surface area (Å²) in [6.45, 7) is 3.28. The van der Waals surface area contributed by atoms with Gasteiger partial charge in [-0.25, -0.2) is 9.59 Å². The fraction of sp³-hybridized carbons (Fsp3) is 0.667. The van der Waals surface area contributed by atoms with Gasteiger partial charge in [0.25, 0.3) is 0 Å². The van der Waals surface area contributed by atoms with Crippen molar-refractivity contribution in [3.8, 4) is 0 Å². The number of carbonyl (C=O) groups excluding carboxylic acids is 2. The van der Waals surface area contributed by atoms with Crippen molar-refractivity contribution >= 4 is 17.8 Å². The minimum Gasteiger partial charge on any atom is -0.480 e. The van der Waals surface area contributed by atoms with E-state index in [0.29, 0.717) is 0 Å². The molecule has 7 nitrogen and oxygen atoms in total. The Kier molecular flexibility index (Phi) is 6.09. The van der Waals surface area contributed by atoms with Gasteiger partial charge in [0.1, 0.15) is 6.04 Å². The second kappa shape index (κ2) is 6.78. The van der Waals surface area contributed by atoms with E-state index in [1.807, 2.05) is 0 Å². The smallest absolute Gasteiger partial charge is 0.332 e. The zero-order valence-corrected chi connectivity index (χ0v) is 9.23. The predicted molar refractivity (Wildman–Crippen MR) is 54.5 cm³/mol. The van der Waals surface area contributed by atoms with Crippen LogP contribution in [0.15, 0.2) is 0 Å². The Bertz CT molecular complexity index is 279. The van der Waals surface area contributed by atoms with Crippen molar-refractivity contribution in [2.24, 2.45) is 5.73 Å². The van der Waals surface area contributed by atoms with Crippen molar-refractivity contribution in [1.82, 2.24) is 5.32 Å². The number of esters is 1. The maximum absolute atomic E-state index is 11.3. The molecule has 0 rings (SSSR count). The highest BCUT2D eigenvalue weighted by molar-refractivity contribution is 6.02. The Balaban J connectivity index is 4.34. The van der Waals surface area contributed by atoms with Gasteiger partial charge in [0.05, 0.1) is 6.61 Å². The average molecular weight is 232 g/mol. The molecule has 0 aliphatic heterocycles. The second-order valence-electron chi connectivity index (χ2n) is 3.04. The molecule has 0 spiro atoms. The lowest BCUT2D eigenvalue weighted by Crippen LogP contribution is -2.51. The van der Waals surface area contributed by atoms with Crippen LogP contribution in [0.1, 0.15) is 20.3 Å². The minimum atomic E-state index is -1.49. The molecule has 2 atom stereocenters. The first kappa shape index (κ1) is 14.4. The van der Waals surface area contributed by atoms with Crippen LogP contribution in [-0.4, -0.2) is 41.6 Å². The summed E-state index contributed by atoms with van der Waals surface area (Å²) in [6, 6.07) is -2.54. The molecule has 0 fully saturated rings. The molecule has 92 valence electrons. The summed E-state index contributed by atoms with van der Waals surface area (Å²) in [5.74, 6) is -2.90. The van der Waals surface area contributed by atoms with E-state index in [1.165, 1.54) is 0 Å². The Morgan fingerprint density at radius 1 is 1.38 bits per heavy atom. The first-order valence-electron chi connectivity index (χ1n) is 4.89. The summed E-state index contributed by atoms with van der Waals surface area (Å²) in [5, 5.41) is 10.8. The van der Waals surface area contributed by atoms with Crippen LogP contribution in [0.2, 0.25) is 0 Å². The van der Waals surface area contributed by atoms with Crippen LogP contribution in [0.4, 0.5) is 0 Å². The number of amides is 1. The topological polar surface area (TPSA) is 119 Å². The molecule has 0 heterocycles. The van der Waals surface area contributed by atoms with Crippen LogP contribution in [0.3, 0.4) is 0 Å². The van der Waals surface area contributed by atoms with E-state index < -0.39 is 29.9 Å². The number of aliphatic carboxylic acids is 1. The van der Waals surface area contributed by atoms with Crippen LogP contribution in [0.5, 0.6) is 0 Å². The highest BCUT2D eigenvalue weighted by Crippen LogP contribution is 1.93. The van der Waals surface area contributed by atoms with E-state index in [0.717, 1.165) is 0 Å². The Labute approximate surface area is 92.9 Å². The van der Waals surface area contributed by atoms with E-state index in [1.54, 1.807) is 13.8 Å². The fourth-order valence-electron chi connectivity index (χ4n) is 0.939. The molecule has 0 saturated heterocycles. The molecule has 0 aromatic rings. The summed E-state index contributed by atoms with van der Waals surface area (Å²) >= 11 is 0. The zero-order valence-electron chi connectivity index (χ0n) is 9.23. The fourth-order valence-corrected chi connectivity index (χ4v) is 0.939. The van der Waals surface area contributed by atoms with Crippen LogP contribution in [-0.2, 0) is 19.1 Å². The summed E-state index contributed by atoms with van der Waals surface area (Å²) in [4.78, 5) is 33.0. The van der Waals surface area contributed by atoms with Crippen LogP contribution in [0.25, 0.3) is 0 Å². The van der Waals surface area contributed by atoms with E-state index in [2.05, 4.69) is 10.1 Å². The van der Waals surface area contributed by atoms with Gasteiger partial charge in [-0.1, -0.05) is 6.92 Å². The molecule has 0 saturated carbocycles. The predicted octanol–water partition coefficient (Wildman–Crippen LogP) is -1.14. The molecule has 0 aromatic carbocycles. The number of carboxylic acid groups (broad SMARTS) is 1. The van der Waals surface area contributed by atoms with Gasteiger partial charge in [0.15, 0.2) is 6.04 Å². The van der Waals surface area contributed by atoms with Gasteiger partial charge in [0, 0.05) is 0 Å². The molecule has 1 amide bonds. The summed E-state index contributed by atoms with van der Waals surface area (Å²) < 4.78 is 4.53. The highest BCUT2D eigenvalue weighted by Gasteiger charge is 2.27. The third-order valence-corrected chi connectivity index (χ3v) is 1.85. The van der Waals surface area contributed by atoms with Gasteiger partial charge in [-0.05, 0) is 13.3 Å². The largest absolute Gasteiger partial charge is 0.480 e. The molecule has 0 aliphatic rings. The summed E-state index contributed by atoms with van der Waals surface area (Å²) in [7, 11) is 0. The van der Waals surface area contributed by atoms with Crippen molar-refractivity contribution in [3.05, 3.63) is 0 Å². The Morgan fingerprint density at radius 3 is 2.31 bits per heavy atom. The van der Waals surface area contributed by atoms with E-state index in [4.69, 9.17) is 10.8 Å². The molecule has 0 radical (unpaired) electrons. The van der Waals surface area contributed by atoms with Gasteiger partial charge in [-0.3, -0.25) is 4.79 Å². The SMILES string of the molecule is CCOC(=O)C(N)C(=O)N[C@H](CC)C(=O)O. The molecule has 16 heavy (non-hydrogen) atoms. The monoisotopic (exact) mass is 232 g/mol. The molecule has 0 bridgehead atoms. The van der Waals surface area contributed by atoms with Crippen molar-refractivity contribution in [1.29, 1.82) is 0 Å². The molecule has 1 unspecified atom stereocenters. The lowest BCUT2D eigenvalue weighted by atomic mass is 10.2. The maximum atomic E-state index is 11.3. The van der Waals surface area contributed by atoms with Gasteiger partial charge in [-0.15, -0.1) is 0 Å². The van der Waals surface area contributed by atoms with Gasteiger partial charge in [-0.2, -0.15) is 0 Å². The lowest BCUT2D eigenvalue weighted by Gasteiger charge is -2.15. The molecular weight excluding hydrogens is 216 g/mol. The van der Waals surface area contributed by atoms with Crippen molar-refractivity contribution in [2.75, 3.05) is 6.61 Å². The van der Waals surface area contributed by atoms with Gasteiger partial charge < -0.3 is 20.9 Å². The third-order valence-electron chi connectivity index (χ3n) is 1.85. The standard InChI is InChI=1S/C9H16N2O5/c1-3-5(8(13)14)11-7(12)6(10)9(15)16-4-2/h5-6H,3-4,10H2,1-2H3,(H,11,12)(H,13,14)/t5-,6?/m1/s1. The Morgan fingerprint density at radius 2 is 1.94 bits per heavy atom. The summed E-state index contributed by atoms with van der Waals surface area (Å²) in [5.41, 5.74) is 5.27.